The summed E-state index contributed by atoms with van der Waals surface area (Å²) in [5, 5.41) is 12.2. The highest BCUT2D eigenvalue weighted by Crippen LogP contribution is 2.32. The molecule has 1 aromatic carbocycles. The van der Waals surface area contributed by atoms with Gasteiger partial charge >= 0.3 is 0 Å². The summed E-state index contributed by atoms with van der Waals surface area (Å²) in [6.45, 7) is 4.49. The maximum absolute atomic E-state index is 12.7. The first-order valence-corrected chi connectivity index (χ1v) is 9.33. The average molecular weight is 362 g/mol. The molecule has 6 nitrogen and oxygen atoms in total. The number of nitrogens with zero attached hydrogens (tertiary/aromatic N) is 3. The number of piperidine rings is 3. The Kier molecular flexibility index (Phi) is 4.78. The molecular formula is C21H22N4O2. The fraction of sp³-hybridized carbons (Fsp3) is 0.381. The van der Waals surface area contributed by atoms with Crippen molar-refractivity contribution in [3.63, 3.8) is 0 Å². The number of rotatable bonds is 4. The van der Waals surface area contributed by atoms with Crippen LogP contribution in [0.4, 0.5) is 0 Å². The molecule has 0 aliphatic carbocycles. The molecule has 1 amide bonds. The van der Waals surface area contributed by atoms with Crippen LogP contribution in [0, 0.1) is 17.2 Å². The third-order valence-electron chi connectivity index (χ3n) is 5.68. The van der Waals surface area contributed by atoms with Gasteiger partial charge in [0.25, 0.3) is 5.91 Å². The van der Waals surface area contributed by atoms with Gasteiger partial charge in [-0.25, -0.2) is 4.98 Å². The maximum atomic E-state index is 12.7. The lowest BCUT2D eigenvalue weighted by Crippen LogP contribution is -2.62. The molecule has 138 valence electrons. The van der Waals surface area contributed by atoms with Crippen molar-refractivity contribution in [3.8, 4) is 17.7 Å². The first-order valence-electron chi connectivity index (χ1n) is 9.33. The van der Waals surface area contributed by atoms with Gasteiger partial charge in [-0.1, -0.05) is 0 Å². The molecule has 3 aliphatic rings. The molecule has 3 aliphatic heterocycles. The predicted molar refractivity (Wildman–Crippen MR) is 100 cm³/mol. The highest BCUT2D eigenvalue weighted by Gasteiger charge is 2.40. The van der Waals surface area contributed by atoms with Crippen molar-refractivity contribution in [2.24, 2.45) is 5.92 Å². The van der Waals surface area contributed by atoms with Crippen LogP contribution in [0.25, 0.3) is 0 Å². The molecule has 1 N–H and O–H groups in total. The van der Waals surface area contributed by atoms with E-state index in [-0.39, 0.29) is 11.9 Å². The normalized spacial score (nSPS) is 26.2. The van der Waals surface area contributed by atoms with Crippen molar-refractivity contribution in [1.82, 2.24) is 15.2 Å². The Hall–Kier alpha value is -2.91. The summed E-state index contributed by atoms with van der Waals surface area (Å²) < 4.78 is 5.66. The Balaban J connectivity index is 1.41. The summed E-state index contributed by atoms with van der Waals surface area (Å²) in [6.07, 6.45) is 3.86. The van der Waals surface area contributed by atoms with Crippen LogP contribution in [0.3, 0.4) is 0 Å². The van der Waals surface area contributed by atoms with Crippen LogP contribution in [-0.2, 0) is 0 Å². The van der Waals surface area contributed by atoms with E-state index in [2.05, 4.69) is 28.2 Å². The fourth-order valence-electron chi connectivity index (χ4n) is 4.11. The topological polar surface area (TPSA) is 78.2 Å². The summed E-state index contributed by atoms with van der Waals surface area (Å²) in [6, 6.07) is 12.9. The third-order valence-corrected chi connectivity index (χ3v) is 5.68. The molecule has 4 heterocycles. The molecular weight excluding hydrogens is 340 g/mol. The molecule has 1 aromatic heterocycles. The zero-order chi connectivity index (χ0) is 18.8. The lowest BCUT2D eigenvalue weighted by molar-refractivity contribution is 0.0217. The monoisotopic (exact) mass is 362 g/mol. The number of carbonyl (C=O) groups excluding carboxylic acids is 1. The number of nitriles is 1. The van der Waals surface area contributed by atoms with Crippen molar-refractivity contribution < 1.29 is 9.53 Å². The molecule has 2 bridgehead atoms. The molecule has 0 radical (unpaired) electrons. The minimum absolute atomic E-state index is 0.0447. The molecule has 3 fully saturated rings. The van der Waals surface area contributed by atoms with Gasteiger partial charge in [0, 0.05) is 29.9 Å². The molecule has 2 atom stereocenters. The molecule has 0 saturated carbocycles. The van der Waals surface area contributed by atoms with Gasteiger partial charge in [-0.15, -0.1) is 0 Å². The smallest absolute Gasteiger partial charge is 0.251 e. The highest BCUT2D eigenvalue weighted by molar-refractivity contribution is 5.94. The molecule has 27 heavy (non-hydrogen) atoms. The number of benzene rings is 1. The number of nitrogens with one attached hydrogen (secondary N) is 1. The van der Waals surface area contributed by atoms with Gasteiger partial charge in [-0.05, 0) is 69.1 Å². The van der Waals surface area contributed by atoms with Crippen molar-refractivity contribution in [2.45, 2.75) is 31.8 Å². The SMILES string of the molecule is CC1C(NC(=O)c2ccc(Oc3cc(C#N)ccn3)cc2)C2CCN1CC2. The third kappa shape index (κ3) is 3.64. The Bertz CT molecular complexity index is 864. The number of fused-ring (bicyclic) bond motifs is 3. The molecule has 5 rings (SSSR count). The number of hydrogen-bond donors (Lipinski definition) is 1. The van der Waals surface area contributed by atoms with E-state index in [1.165, 1.54) is 6.20 Å². The Morgan fingerprint density at radius 3 is 2.67 bits per heavy atom. The van der Waals surface area contributed by atoms with Crippen molar-refractivity contribution in [2.75, 3.05) is 13.1 Å². The number of aromatic nitrogens is 1. The number of hydrogen-bond acceptors (Lipinski definition) is 5. The van der Waals surface area contributed by atoms with E-state index in [0.717, 1.165) is 25.9 Å². The van der Waals surface area contributed by atoms with Crippen LogP contribution in [-0.4, -0.2) is 41.0 Å². The second-order valence-corrected chi connectivity index (χ2v) is 7.23. The zero-order valence-electron chi connectivity index (χ0n) is 15.3. The fourth-order valence-corrected chi connectivity index (χ4v) is 4.11. The van der Waals surface area contributed by atoms with Crippen molar-refractivity contribution >= 4 is 5.91 Å². The molecule has 2 unspecified atom stereocenters. The van der Waals surface area contributed by atoms with E-state index in [1.807, 2.05) is 0 Å². The van der Waals surface area contributed by atoms with E-state index >= 15 is 0 Å². The van der Waals surface area contributed by atoms with E-state index < -0.39 is 0 Å². The minimum atomic E-state index is -0.0447. The van der Waals surface area contributed by atoms with Crippen LogP contribution in [0.5, 0.6) is 11.6 Å². The Labute approximate surface area is 158 Å². The van der Waals surface area contributed by atoms with Gasteiger partial charge in [0.05, 0.1) is 11.6 Å². The lowest BCUT2D eigenvalue weighted by atomic mass is 9.79. The number of pyridine rings is 1. The van der Waals surface area contributed by atoms with Crippen LogP contribution >= 0.6 is 0 Å². The number of amides is 1. The maximum Gasteiger partial charge on any atom is 0.251 e. The van der Waals surface area contributed by atoms with E-state index in [9.17, 15) is 4.79 Å². The largest absolute Gasteiger partial charge is 0.439 e. The van der Waals surface area contributed by atoms with E-state index in [4.69, 9.17) is 10.00 Å². The Morgan fingerprint density at radius 1 is 1.26 bits per heavy atom. The van der Waals surface area contributed by atoms with Gasteiger partial charge < -0.3 is 10.1 Å². The summed E-state index contributed by atoms with van der Waals surface area (Å²) in [4.78, 5) is 19.2. The van der Waals surface area contributed by atoms with Crippen LogP contribution in [0.15, 0.2) is 42.6 Å². The molecule has 0 spiro atoms. The molecule has 2 aromatic rings. The van der Waals surface area contributed by atoms with Gasteiger partial charge in [-0.2, -0.15) is 5.26 Å². The van der Waals surface area contributed by atoms with Crippen LogP contribution in [0.2, 0.25) is 0 Å². The predicted octanol–water partition coefficient (Wildman–Crippen LogP) is 2.96. The van der Waals surface area contributed by atoms with Crippen LogP contribution < -0.4 is 10.1 Å². The summed E-state index contributed by atoms with van der Waals surface area (Å²) in [5.74, 6) is 1.46. The molecule has 6 heteroatoms. The summed E-state index contributed by atoms with van der Waals surface area (Å²) >= 11 is 0. The van der Waals surface area contributed by atoms with E-state index in [0.29, 0.717) is 34.7 Å². The van der Waals surface area contributed by atoms with Gasteiger partial charge in [0.15, 0.2) is 0 Å². The van der Waals surface area contributed by atoms with Crippen molar-refractivity contribution in [1.29, 1.82) is 5.26 Å². The lowest BCUT2D eigenvalue weighted by Gasteiger charge is -2.49. The van der Waals surface area contributed by atoms with Crippen LogP contribution in [0.1, 0.15) is 35.7 Å². The summed E-state index contributed by atoms with van der Waals surface area (Å²) in [7, 11) is 0. The quantitative estimate of drug-likeness (QED) is 0.905. The first kappa shape index (κ1) is 17.5. The van der Waals surface area contributed by atoms with Gasteiger partial charge in [0.2, 0.25) is 5.88 Å². The van der Waals surface area contributed by atoms with E-state index in [1.54, 1.807) is 36.4 Å². The second kappa shape index (κ2) is 7.37. The summed E-state index contributed by atoms with van der Waals surface area (Å²) in [5.41, 5.74) is 1.10. The van der Waals surface area contributed by atoms with Crippen molar-refractivity contribution in [3.05, 3.63) is 53.7 Å². The standard InChI is InChI=1S/C21H22N4O2/c1-14-20(16-7-10-25(14)11-8-16)24-21(26)17-2-4-18(5-3-17)27-19-12-15(13-22)6-9-23-19/h2-6,9,12,14,16,20H,7-8,10-11H2,1H3,(H,24,26). The minimum Gasteiger partial charge on any atom is -0.439 e. The zero-order valence-corrected chi connectivity index (χ0v) is 15.3. The van der Waals surface area contributed by atoms with Gasteiger partial charge in [0.1, 0.15) is 5.75 Å². The first-order chi connectivity index (χ1) is 13.1. The average Bonchev–Trinajstić information content (AvgIpc) is 2.71. The number of ether oxygens (including phenoxy) is 1. The Morgan fingerprint density at radius 2 is 2.00 bits per heavy atom. The number of carbonyl (C=O) groups is 1. The second-order valence-electron chi connectivity index (χ2n) is 7.23. The molecule has 3 saturated heterocycles. The van der Waals surface area contributed by atoms with Gasteiger partial charge in [-0.3, -0.25) is 9.69 Å². The highest BCUT2D eigenvalue weighted by atomic mass is 16.5.